The summed E-state index contributed by atoms with van der Waals surface area (Å²) in [7, 11) is 2.14. The highest BCUT2D eigenvalue weighted by Crippen LogP contribution is 2.39. The third-order valence-corrected chi connectivity index (χ3v) is 4.86. The second-order valence-electron chi connectivity index (χ2n) is 5.56. The van der Waals surface area contributed by atoms with Crippen LogP contribution in [-0.4, -0.2) is 48.6 Å². The monoisotopic (exact) mass is 339 g/mol. The Morgan fingerprint density at radius 3 is 2.85 bits per heavy atom. The number of nitrogens with one attached hydrogen (secondary N) is 1. The van der Waals surface area contributed by atoms with Crippen molar-refractivity contribution < 1.29 is 9.90 Å². The maximum Gasteiger partial charge on any atom is 0.257 e. The van der Waals surface area contributed by atoms with E-state index in [2.05, 4.69) is 45.0 Å². The average molecular weight is 340 g/mol. The van der Waals surface area contributed by atoms with Crippen molar-refractivity contribution in [1.29, 1.82) is 0 Å². The van der Waals surface area contributed by atoms with Crippen molar-refractivity contribution in [3.8, 4) is 0 Å². The number of aliphatic hydroxyl groups is 1. The lowest BCUT2D eigenvalue weighted by atomic mass is 10.1. The summed E-state index contributed by atoms with van der Waals surface area (Å²) in [4.78, 5) is 16.2. The zero-order valence-electron chi connectivity index (χ0n) is 11.6. The van der Waals surface area contributed by atoms with E-state index in [1.807, 2.05) is 12.1 Å². The number of carbonyl (C=O) groups is 1. The second kappa shape index (κ2) is 5.02. The lowest BCUT2D eigenvalue weighted by Gasteiger charge is -2.39. The van der Waals surface area contributed by atoms with Crippen molar-refractivity contribution >= 4 is 33.2 Å². The Balaban J connectivity index is 1.92. The molecule has 20 heavy (non-hydrogen) atoms. The average Bonchev–Trinajstić information content (AvgIpc) is 2.68. The van der Waals surface area contributed by atoms with E-state index in [0.717, 1.165) is 29.8 Å². The number of rotatable bonds is 1. The van der Waals surface area contributed by atoms with Crippen LogP contribution in [0.3, 0.4) is 0 Å². The van der Waals surface area contributed by atoms with Crippen LogP contribution in [0, 0.1) is 0 Å². The van der Waals surface area contributed by atoms with Gasteiger partial charge < -0.3 is 20.2 Å². The predicted molar refractivity (Wildman–Crippen MR) is 82.0 cm³/mol. The largest absolute Gasteiger partial charge is 0.378 e. The van der Waals surface area contributed by atoms with Crippen LogP contribution in [-0.2, 0) is 4.79 Å². The topological polar surface area (TPSA) is 55.8 Å². The number of anilines is 2. The standard InChI is InChI=1S/C14H18BrN3O2/c1-8-7-18(4-3-17(8)2)12-6-11-9(5-10(12)15)13(19)14(20)16-11/h5-6,8,13,19H,3-4,7H2,1-2H3,(H,16,20). The zero-order valence-corrected chi connectivity index (χ0v) is 13.1. The van der Waals surface area contributed by atoms with E-state index >= 15 is 0 Å². The molecule has 2 aliphatic heterocycles. The molecular weight excluding hydrogens is 322 g/mol. The van der Waals surface area contributed by atoms with Crippen LogP contribution >= 0.6 is 15.9 Å². The molecule has 3 rings (SSSR count). The summed E-state index contributed by atoms with van der Waals surface area (Å²) in [6.07, 6.45) is -1.05. The molecule has 108 valence electrons. The quantitative estimate of drug-likeness (QED) is 0.815. The van der Waals surface area contributed by atoms with Crippen molar-refractivity contribution in [2.24, 2.45) is 0 Å². The molecule has 1 aromatic rings. The molecule has 2 unspecified atom stereocenters. The first-order chi connectivity index (χ1) is 9.47. The number of piperazine rings is 1. The molecule has 1 amide bonds. The molecule has 0 aromatic heterocycles. The Labute approximate surface area is 126 Å². The highest BCUT2D eigenvalue weighted by atomic mass is 79.9. The summed E-state index contributed by atoms with van der Waals surface area (Å²) in [5, 5.41) is 12.5. The van der Waals surface area contributed by atoms with E-state index in [4.69, 9.17) is 0 Å². The zero-order chi connectivity index (χ0) is 14.4. The second-order valence-corrected chi connectivity index (χ2v) is 6.41. The molecule has 2 heterocycles. The minimum atomic E-state index is -1.05. The third-order valence-electron chi connectivity index (χ3n) is 4.22. The molecule has 0 aliphatic carbocycles. The molecule has 2 atom stereocenters. The summed E-state index contributed by atoms with van der Waals surface area (Å²) in [5.41, 5.74) is 2.43. The fourth-order valence-corrected chi connectivity index (χ4v) is 3.38. The van der Waals surface area contributed by atoms with Crippen molar-refractivity contribution in [3.63, 3.8) is 0 Å². The van der Waals surface area contributed by atoms with Crippen LogP contribution in [0.2, 0.25) is 0 Å². The molecule has 0 spiro atoms. The molecule has 0 bridgehead atoms. The Morgan fingerprint density at radius 1 is 1.40 bits per heavy atom. The maximum atomic E-state index is 11.5. The number of carbonyl (C=O) groups excluding carboxylic acids is 1. The number of benzene rings is 1. The van der Waals surface area contributed by atoms with Crippen molar-refractivity contribution in [2.45, 2.75) is 19.1 Å². The van der Waals surface area contributed by atoms with Crippen LogP contribution in [0.5, 0.6) is 0 Å². The van der Waals surface area contributed by atoms with E-state index in [0.29, 0.717) is 17.3 Å². The van der Waals surface area contributed by atoms with Gasteiger partial charge in [0.2, 0.25) is 0 Å². The SMILES string of the molecule is CC1CN(c2cc3c(cc2Br)C(O)C(=O)N3)CCN1C. The van der Waals surface area contributed by atoms with Gasteiger partial charge in [-0.2, -0.15) is 0 Å². The van der Waals surface area contributed by atoms with Gasteiger partial charge in [0.1, 0.15) is 0 Å². The highest BCUT2D eigenvalue weighted by Gasteiger charge is 2.31. The first kappa shape index (κ1) is 13.9. The van der Waals surface area contributed by atoms with Crippen molar-refractivity contribution in [1.82, 2.24) is 4.90 Å². The van der Waals surface area contributed by atoms with E-state index in [9.17, 15) is 9.90 Å². The third kappa shape index (κ3) is 2.21. The smallest absolute Gasteiger partial charge is 0.257 e. The number of hydrogen-bond acceptors (Lipinski definition) is 4. The molecule has 2 aliphatic rings. The molecule has 0 saturated carbocycles. The number of amides is 1. The summed E-state index contributed by atoms with van der Waals surface area (Å²) >= 11 is 3.56. The Kier molecular flexibility index (Phi) is 3.48. The van der Waals surface area contributed by atoms with Gasteiger partial charge in [0.05, 0.1) is 5.69 Å². The van der Waals surface area contributed by atoms with Crippen molar-refractivity contribution in [2.75, 3.05) is 36.9 Å². The normalized spacial score (nSPS) is 26.6. The van der Waals surface area contributed by atoms with Gasteiger partial charge in [0.15, 0.2) is 6.10 Å². The van der Waals surface area contributed by atoms with Crippen LogP contribution < -0.4 is 10.2 Å². The number of hydrogen-bond donors (Lipinski definition) is 2. The van der Waals surface area contributed by atoms with Gasteiger partial charge in [-0.1, -0.05) is 0 Å². The fraction of sp³-hybridized carbons (Fsp3) is 0.500. The van der Waals surface area contributed by atoms with Crippen LogP contribution in [0.4, 0.5) is 11.4 Å². The van der Waals surface area contributed by atoms with Gasteiger partial charge in [0.25, 0.3) is 5.91 Å². The van der Waals surface area contributed by atoms with Gasteiger partial charge in [-0.3, -0.25) is 4.79 Å². The van der Waals surface area contributed by atoms with Gasteiger partial charge >= 0.3 is 0 Å². The van der Waals surface area contributed by atoms with Crippen LogP contribution in [0.15, 0.2) is 16.6 Å². The van der Waals surface area contributed by atoms with Crippen LogP contribution in [0.1, 0.15) is 18.6 Å². The number of nitrogens with zero attached hydrogens (tertiary/aromatic N) is 2. The Morgan fingerprint density at radius 2 is 2.15 bits per heavy atom. The summed E-state index contributed by atoms with van der Waals surface area (Å²) in [5.74, 6) is -0.351. The maximum absolute atomic E-state index is 11.5. The summed E-state index contributed by atoms with van der Waals surface area (Å²) in [6, 6.07) is 4.28. The van der Waals surface area contributed by atoms with Crippen molar-refractivity contribution in [3.05, 3.63) is 22.2 Å². The predicted octanol–water partition coefficient (Wildman–Crippen LogP) is 1.57. The van der Waals surface area contributed by atoms with E-state index < -0.39 is 6.10 Å². The number of halogens is 1. The molecule has 2 N–H and O–H groups in total. The summed E-state index contributed by atoms with van der Waals surface area (Å²) < 4.78 is 0.920. The molecule has 5 nitrogen and oxygen atoms in total. The Bertz CT molecular complexity index is 564. The molecule has 1 saturated heterocycles. The molecule has 1 aromatic carbocycles. The number of aliphatic hydroxyl groups excluding tert-OH is 1. The first-order valence-corrected chi connectivity index (χ1v) is 7.54. The first-order valence-electron chi connectivity index (χ1n) is 6.75. The fourth-order valence-electron chi connectivity index (χ4n) is 2.76. The number of likely N-dealkylation sites (N-methyl/N-ethyl adjacent to an activating group) is 1. The molecule has 6 heteroatoms. The molecule has 1 fully saturated rings. The Hall–Kier alpha value is -1.11. The summed E-state index contributed by atoms with van der Waals surface area (Å²) in [6.45, 7) is 5.12. The van der Waals surface area contributed by atoms with E-state index in [1.165, 1.54) is 0 Å². The van der Waals surface area contributed by atoms with Gasteiger partial charge in [-0.05, 0) is 42.0 Å². The molecular formula is C14H18BrN3O2. The lowest BCUT2D eigenvalue weighted by Crippen LogP contribution is -2.50. The van der Waals surface area contributed by atoms with Crippen LogP contribution in [0.25, 0.3) is 0 Å². The number of fused-ring (bicyclic) bond motifs is 1. The lowest BCUT2D eigenvalue weighted by molar-refractivity contribution is -0.123. The van der Waals surface area contributed by atoms with Gasteiger partial charge in [-0.25, -0.2) is 0 Å². The molecule has 0 radical (unpaired) electrons. The van der Waals surface area contributed by atoms with E-state index in [-0.39, 0.29) is 5.91 Å². The highest BCUT2D eigenvalue weighted by molar-refractivity contribution is 9.10. The van der Waals surface area contributed by atoms with Gasteiger partial charge in [-0.15, -0.1) is 0 Å². The minimum absolute atomic E-state index is 0.351. The minimum Gasteiger partial charge on any atom is -0.378 e. The van der Waals surface area contributed by atoms with Gasteiger partial charge in [0, 0.05) is 41.4 Å². The van der Waals surface area contributed by atoms with E-state index in [1.54, 1.807) is 0 Å².